The van der Waals surface area contributed by atoms with Crippen LogP contribution >= 0.6 is 0 Å². The predicted molar refractivity (Wildman–Crippen MR) is 75.0 cm³/mol. The van der Waals surface area contributed by atoms with Crippen molar-refractivity contribution < 1.29 is 9.90 Å². The number of rotatable bonds is 3. The van der Waals surface area contributed by atoms with Crippen LogP contribution in [-0.4, -0.2) is 35.6 Å². The van der Waals surface area contributed by atoms with E-state index in [0.29, 0.717) is 5.92 Å². The molecule has 2 aliphatic carbocycles. The number of carboxylic acids is 1. The summed E-state index contributed by atoms with van der Waals surface area (Å²) >= 11 is 0. The van der Waals surface area contributed by atoms with Gasteiger partial charge in [-0.05, 0) is 43.4 Å². The van der Waals surface area contributed by atoms with Gasteiger partial charge in [-0.2, -0.15) is 0 Å². The number of carboxylic acid groups (broad SMARTS) is 1. The lowest BCUT2D eigenvalue weighted by molar-refractivity contribution is -0.149. The van der Waals surface area contributed by atoms with Crippen LogP contribution in [0.4, 0.5) is 0 Å². The van der Waals surface area contributed by atoms with E-state index < -0.39 is 5.97 Å². The van der Waals surface area contributed by atoms with E-state index in [-0.39, 0.29) is 5.41 Å². The summed E-state index contributed by atoms with van der Waals surface area (Å²) in [6.45, 7) is 5.37. The van der Waals surface area contributed by atoms with Crippen molar-refractivity contribution in [3.63, 3.8) is 0 Å². The molecule has 3 nitrogen and oxygen atoms in total. The van der Waals surface area contributed by atoms with Crippen LogP contribution < -0.4 is 0 Å². The standard InChI is InChI=1S/C16H27NO2/c1-12-4-2-5-13(8-12)9-17-10-14-6-3-7-16(14,11-17)15(18)19/h12-14H,2-11H2,1H3,(H,18,19)/t12?,13?,14-,16+/m0/s1. The highest BCUT2D eigenvalue weighted by atomic mass is 16.4. The number of hydrogen-bond acceptors (Lipinski definition) is 2. The van der Waals surface area contributed by atoms with E-state index in [1.165, 1.54) is 25.7 Å². The fourth-order valence-electron chi connectivity index (χ4n) is 4.97. The molecule has 3 heteroatoms. The lowest BCUT2D eigenvalue weighted by Crippen LogP contribution is -2.37. The summed E-state index contributed by atoms with van der Waals surface area (Å²) in [5, 5.41) is 9.61. The first kappa shape index (κ1) is 13.4. The van der Waals surface area contributed by atoms with Crippen molar-refractivity contribution in [2.24, 2.45) is 23.2 Å². The first-order valence-electron chi connectivity index (χ1n) is 8.06. The minimum absolute atomic E-state index is 0.389. The molecule has 3 fully saturated rings. The Morgan fingerprint density at radius 1 is 1.32 bits per heavy atom. The Morgan fingerprint density at radius 2 is 2.16 bits per heavy atom. The second-order valence-corrected chi connectivity index (χ2v) is 7.38. The molecule has 0 radical (unpaired) electrons. The van der Waals surface area contributed by atoms with Gasteiger partial charge in [-0.1, -0.05) is 26.2 Å². The van der Waals surface area contributed by atoms with E-state index in [0.717, 1.165) is 50.7 Å². The van der Waals surface area contributed by atoms with Crippen LogP contribution in [0.5, 0.6) is 0 Å². The summed E-state index contributed by atoms with van der Waals surface area (Å²) in [6, 6.07) is 0. The molecule has 3 aliphatic rings. The third-order valence-electron chi connectivity index (χ3n) is 5.93. The number of hydrogen-bond donors (Lipinski definition) is 1. The molecular weight excluding hydrogens is 238 g/mol. The lowest BCUT2D eigenvalue weighted by atomic mass is 9.81. The van der Waals surface area contributed by atoms with Gasteiger partial charge >= 0.3 is 5.97 Å². The van der Waals surface area contributed by atoms with Gasteiger partial charge in [0, 0.05) is 19.6 Å². The van der Waals surface area contributed by atoms with Gasteiger partial charge in [-0.3, -0.25) is 4.79 Å². The number of fused-ring (bicyclic) bond motifs is 1. The molecule has 0 amide bonds. The van der Waals surface area contributed by atoms with Crippen LogP contribution in [0.3, 0.4) is 0 Å². The molecule has 1 saturated heterocycles. The molecule has 3 rings (SSSR count). The van der Waals surface area contributed by atoms with Crippen LogP contribution in [-0.2, 0) is 4.79 Å². The zero-order valence-corrected chi connectivity index (χ0v) is 12.1. The molecule has 0 aromatic rings. The maximum atomic E-state index is 11.7. The van der Waals surface area contributed by atoms with Crippen LogP contribution in [0, 0.1) is 23.2 Å². The average Bonchev–Trinajstić information content (AvgIpc) is 2.86. The Kier molecular flexibility index (Phi) is 3.59. The monoisotopic (exact) mass is 265 g/mol. The number of nitrogens with zero attached hydrogens (tertiary/aromatic N) is 1. The molecule has 1 heterocycles. The molecule has 1 aliphatic heterocycles. The van der Waals surface area contributed by atoms with Gasteiger partial charge in [-0.15, -0.1) is 0 Å². The van der Waals surface area contributed by atoms with Gasteiger partial charge in [0.2, 0.25) is 0 Å². The minimum atomic E-state index is -0.533. The smallest absolute Gasteiger partial charge is 0.311 e. The molecule has 0 spiro atoms. The summed E-state index contributed by atoms with van der Waals surface area (Å²) in [5.41, 5.74) is -0.389. The summed E-state index contributed by atoms with van der Waals surface area (Å²) in [4.78, 5) is 14.1. The Balaban J connectivity index is 1.61. The number of likely N-dealkylation sites (tertiary alicyclic amines) is 1. The maximum Gasteiger partial charge on any atom is 0.311 e. The minimum Gasteiger partial charge on any atom is -0.481 e. The zero-order chi connectivity index (χ0) is 13.5. The molecular formula is C16H27NO2. The second-order valence-electron chi connectivity index (χ2n) is 7.38. The molecule has 1 N–H and O–H groups in total. The number of carbonyl (C=O) groups is 1. The second kappa shape index (κ2) is 5.08. The van der Waals surface area contributed by atoms with E-state index >= 15 is 0 Å². The summed E-state index contributed by atoms with van der Waals surface area (Å²) in [6.07, 6.45) is 8.61. The largest absolute Gasteiger partial charge is 0.481 e. The maximum absolute atomic E-state index is 11.7. The fraction of sp³-hybridized carbons (Fsp3) is 0.938. The molecule has 19 heavy (non-hydrogen) atoms. The third kappa shape index (κ3) is 2.42. The molecule has 0 aromatic heterocycles. The Bertz CT molecular complexity index is 357. The molecule has 108 valence electrons. The third-order valence-corrected chi connectivity index (χ3v) is 5.93. The molecule has 2 unspecified atom stereocenters. The fourth-order valence-corrected chi connectivity index (χ4v) is 4.97. The van der Waals surface area contributed by atoms with Crippen LogP contribution in [0.15, 0.2) is 0 Å². The summed E-state index contributed by atoms with van der Waals surface area (Å²) in [7, 11) is 0. The van der Waals surface area contributed by atoms with Crippen molar-refractivity contribution in [2.75, 3.05) is 19.6 Å². The van der Waals surface area contributed by atoms with Crippen LogP contribution in [0.2, 0.25) is 0 Å². The number of aliphatic carboxylic acids is 1. The van der Waals surface area contributed by atoms with E-state index in [2.05, 4.69) is 11.8 Å². The van der Waals surface area contributed by atoms with Crippen LogP contribution in [0.25, 0.3) is 0 Å². The molecule has 0 aromatic carbocycles. The molecule has 0 bridgehead atoms. The van der Waals surface area contributed by atoms with Crippen molar-refractivity contribution in [3.05, 3.63) is 0 Å². The predicted octanol–water partition coefficient (Wildman–Crippen LogP) is 3.00. The van der Waals surface area contributed by atoms with Crippen molar-refractivity contribution >= 4 is 5.97 Å². The highest BCUT2D eigenvalue weighted by Gasteiger charge is 2.54. The van der Waals surface area contributed by atoms with Crippen molar-refractivity contribution in [3.8, 4) is 0 Å². The Morgan fingerprint density at radius 3 is 2.84 bits per heavy atom. The lowest BCUT2D eigenvalue weighted by Gasteiger charge is -2.31. The van der Waals surface area contributed by atoms with E-state index in [1.54, 1.807) is 0 Å². The van der Waals surface area contributed by atoms with Gasteiger partial charge in [0.25, 0.3) is 0 Å². The Labute approximate surface area is 116 Å². The van der Waals surface area contributed by atoms with E-state index in [9.17, 15) is 9.90 Å². The highest BCUT2D eigenvalue weighted by Crippen LogP contribution is 2.49. The van der Waals surface area contributed by atoms with Crippen molar-refractivity contribution in [1.82, 2.24) is 4.90 Å². The first-order chi connectivity index (χ1) is 9.10. The van der Waals surface area contributed by atoms with Gasteiger partial charge < -0.3 is 10.0 Å². The Hall–Kier alpha value is -0.570. The molecule has 4 atom stereocenters. The van der Waals surface area contributed by atoms with E-state index in [4.69, 9.17) is 0 Å². The average molecular weight is 265 g/mol. The topological polar surface area (TPSA) is 40.5 Å². The quantitative estimate of drug-likeness (QED) is 0.853. The summed E-state index contributed by atoms with van der Waals surface area (Å²) < 4.78 is 0. The van der Waals surface area contributed by atoms with Crippen molar-refractivity contribution in [1.29, 1.82) is 0 Å². The molecule has 2 saturated carbocycles. The first-order valence-corrected chi connectivity index (χ1v) is 8.06. The van der Waals surface area contributed by atoms with E-state index in [1.807, 2.05) is 0 Å². The zero-order valence-electron chi connectivity index (χ0n) is 12.1. The SMILES string of the molecule is CC1CCCC(CN2C[C@@H]3CCC[C@@]3(C(=O)O)C2)C1. The van der Waals surface area contributed by atoms with Gasteiger partial charge in [0.15, 0.2) is 0 Å². The van der Waals surface area contributed by atoms with Gasteiger partial charge in [-0.25, -0.2) is 0 Å². The normalized spacial score (nSPS) is 43.3. The van der Waals surface area contributed by atoms with Crippen LogP contribution in [0.1, 0.15) is 51.9 Å². The van der Waals surface area contributed by atoms with Crippen molar-refractivity contribution in [2.45, 2.75) is 51.9 Å². The van der Waals surface area contributed by atoms with Gasteiger partial charge in [0.05, 0.1) is 5.41 Å². The summed E-state index contributed by atoms with van der Waals surface area (Å²) in [5.74, 6) is 1.57. The highest BCUT2D eigenvalue weighted by molar-refractivity contribution is 5.76. The van der Waals surface area contributed by atoms with Gasteiger partial charge in [0.1, 0.15) is 0 Å².